The Morgan fingerprint density at radius 3 is 2.31 bits per heavy atom. The number of carbonyl (C=O) groups is 1. The van der Waals surface area contributed by atoms with Gasteiger partial charge in [0.2, 0.25) is 5.75 Å². The van der Waals surface area contributed by atoms with E-state index >= 15 is 0 Å². The standard InChI is InChI=1S/C19H15N3O7/c1-18(2)19(20(17(23)29-18)13-6-4-3-5-7-13)9-8-12-10-14(21(24)25)11-15(22(26)27)16(12)28-19/h3-11H,1-2H3/t19-/m1/s1. The molecule has 4 rings (SSSR count). The van der Waals surface area contributed by atoms with E-state index < -0.39 is 38.6 Å². The summed E-state index contributed by atoms with van der Waals surface area (Å²) in [7, 11) is 0. The van der Waals surface area contributed by atoms with Crippen molar-refractivity contribution in [2.45, 2.75) is 25.2 Å². The molecule has 148 valence electrons. The van der Waals surface area contributed by atoms with Gasteiger partial charge in [-0.1, -0.05) is 18.2 Å². The minimum atomic E-state index is -1.53. The van der Waals surface area contributed by atoms with Crippen LogP contribution in [-0.4, -0.2) is 27.3 Å². The first-order chi connectivity index (χ1) is 13.7. The monoisotopic (exact) mass is 397 g/mol. The number of benzene rings is 2. The van der Waals surface area contributed by atoms with Crippen molar-refractivity contribution < 1.29 is 24.1 Å². The molecule has 1 saturated heterocycles. The molecule has 2 aromatic carbocycles. The number of nitro benzene ring substituents is 2. The second-order valence-electron chi connectivity index (χ2n) is 7.08. The summed E-state index contributed by atoms with van der Waals surface area (Å²) in [6.45, 7) is 3.25. The van der Waals surface area contributed by atoms with Crippen LogP contribution in [0.5, 0.6) is 5.75 Å². The van der Waals surface area contributed by atoms with Crippen molar-refractivity contribution in [3.63, 3.8) is 0 Å². The number of anilines is 1. The predicted molar refractivity (Wildman–Crippen MR) is 102 cm³/mol. The van der Waals surface area contributed by atoms with Gasteiger partial charge in [0, 0.05) is 11.6 Å². The summed E-state index contributed by atoms with van der Waals surface area (Å²) in [5, 5.41) is 22.7. The fraction of sp³-hybridized carbons (Fsp3) is 0.211. The van der Waals surface area contributed by atoms with Crippen LogP contribution >= 0.6 is 0 Å². The lowest BCUT2D eigenvalue weighted by Crippen LogP contribution is -2.60. The topological polar surface area (TPSA) is 125 Å². The van der Waals surface area contributed by atoms with Gasteiger partial charge < -0.3 is 9.47 Å². The summed E-state index contributed by atoms with van der Waals surface area (Å²) in [6.07, 6.45) is 2.32. The van der Waals surface area contributed by atoms with Gasteiger partial charge in [-0.05, 0) is 38.1 Å². The Morgan fingerprint density at radius 2 is 1.69 bits per heavy atom. The van der Waals surface area contributed by atoms with Crippen LogP contribution in [0.2, 0.25) is 0 Å². The summed E-state index contributed by atoms with van der Waals surface area (Å²) in [5.74, 6) is -0.171. The summed E-state index contributed by atoms with van der Waals surface area (Å²) in [6, 6.07) is 10.6. The van der Waals surface area contributed by atoms with Gasteiger partial charge in [0.15, 0.2) is 5.60 Å². The Balaban J connectivity index is 1.93. The molecule has 0 aliphatic carbocycles. The molecule has 0 N–H and O–H groups in total. The van der Waals surface area contributed by atoms with Crippen molar-refractivity contribution in [3.05, 3.63) is 74.3 Å². The Hall–Kier alpha value is -3.95. The zero-order valence-corrected chi connectivity index (χ0v) is 15.4. The zero-order chi connectivity index (χ0) is 21.0. The van der Waals surface area contributed by atoms with E-state index in [1.807, 2.05) is 0 Å². The van der Waals surface area contributed by atoms with E-state index in [4.69, 9.17) is 9.47 Å². The van der Waals surface area contributed by atoms with Gasteiger partial charge in [-0.2, -0.15) is 0 Å². The van der Waals surface area contributed by atoms with E-state index in [0.717, 1.165) is 6.07 Å². The van der Waals surface area contributed by atoms with Crippen molar-refractivity contribution in [1.29, 1.82) is 0 Å². The number of carbonyl (C=O) groups excluding carboxylic acids is 1. The molecule has 0 unspecified atom stereocenters. The Kier molecular flexibility index (Phi) is 3.83. The predicted octanol–water partition coefficient (Wildman–Crippen LogP) is 4.04. The number of ether oxygens (including phenoxy) is 2. The molecule has 0 saturated carbocycles. The summed E-state index contributed by atoms with van der Waals surface area (Å²) in [5.41, 5.74) is -3.11. The lowest BCUT2D eigenvalue weighted by Gasteiger charge is -2.42. The van der Waals surface area contributed by atoms with E-state index in [1.54, 1.807) is 44.2 Å². The van der Waals surface area contributed by atoms with Gasteiger partial charge in [-0.3, -0.25) is 20.2 Å². The molecule has 0 radical (unpaired) electrons. The second-order valence-corrected chi connectivity index (χ2v) is 7.08. The third kappa shape index (κ3) is 2.60. The first kappa shape index (κ1) is 18.4. The van der Waals surface area contributed by atoms with Gasteiger partial charge in [0.25, 0.3) is 11.4 Å². The van der Waals surface area contributed by atoms with E-state index in [2.05, 4.69) is 0 Å². The maximum atomic E-state index is 12.7. The Bertz CT molecular complexity index is 1080. The van der Waals surface area contributed by atoms with E-state index in [1.165, 1.54) is 23.1 Å². The Morgan fingerprint density at radius 1 is 1.00 bits per heavy atom. The lowest BCUT2D eigenvalue weighted by atomic mass is 9.89. The van der Waals surface area contributed by atoms with Crippen LogP contribution < -0.4 is 9.64 Å². The summed E-state index contributed by atoms with van der Waals surface area (Å²) in [4.78, 5) is 35.2. The number of amides is 1. The SMILES string of the molecule is CC1(C)OC(=O)N(c2ccccc2)[C@@]12C=Cc1cc([N+](=O)[O-])cc([N+](=O)[O-])c1O2. The molecule has 29 heavy (non-hydrogen) atoms. The normalized spacial score (nSPS) is 21.4. The van der Waals surface area contributed by atoms with E-state index in [9.17, 15) is 25.0 Å². The van der Waals surface area contributed by atoms with Crippen LogP contribution in [0.25, 0.3) is 6.08 Å². The second kappa shape index (κ2) is 6.03. The van der Waals surface area contributed by atoms with Gasteiger partial charge >= 0.3 is 11.8 Å². The maximum absolute atomic E-state index is 12.7. The highest BCUT2D eigenvalue weighted by molar-refractivity contribution is 5.94. The number of para-hydroxylation sites is 1. The number of fused-ring (bicyclic) bond motifs is 1. The van der Waals surface area contributed by atoms with Crippen molar-refractivity contribution in [1.82, 2.24) is 0 Å². The largest absolute Gasteiger partial charge is 0.452 e. The molecule has 0 aromatic heterocycles. The van der Waals surface area contributed by atoms with Crippen LogP contribution in [-0.2, 0) is 4.74 Å². The van der Waals surface area contributed by atoms with Gasteiger partial charge in [-0.15, -0.1) is 0 Å². The number of rotatable bonds is 3. The van der Waals surface area contributed by atoms with Crippen LogP contribution in [0.4, 0.5) is 21.9 Å². The Labute approximate surface area is 164 Å². The first-order valence-corrected chi connectivity index (χ1v) is 8.60. The number of hydrogen-bond acceptors (Lipinski definition) is 7. The minimum absolute atomic E-state index is 0.166. The molecule has 1 fully saturated rings. The molecule has 10 heteroatoms. The highest BCUT2D eigenvalue weighted by Crippen LogP contribution is 2.50. The number of nitrogens with zero attached hydrogens (tertiary/aromatic N) is 3. The maximum Gasteiger partial charge on any atom is 0.418 e. The van der Waals surface area contributed by atoms with Gasteiger partial charge in [0.1, 0.15) is 0 Å². The highest BCUT2D eigenvalue weighted by Gasteiger charge is 2.63. The third-order valence-electron chi connectivity index (χ3n) is 4.97. The first-order valence-electron chi connectivity index (χ1n) is 8.60. The smallest absolute Gasteiger partial charge is 0.418 e. The number of nitro groups is 2. The molecule has 1 amide bonds. The minimum Gasteiger partial charge on any atom is -0.452 e. The zero-order valence-electron chi connectivity index (χ0n) is 15.4. The van der Waals surface area contributed by atoms with Crippen LogP contribution in [0.1, 0.15) is 19.4 Å². The molecule has 10 nitrogen and oxygen atoms in total. The number of non-ortho nitro benzene ring substituents is 1. The van der Waals surface area contributed by atoms with Gasteiger partial charge in [0.05, 0.1) is 21.6 Å². The van der Waals surface area contributed by atoms with Crippen LogP contribution in [0, 0.1) is 20.2 Å². The fourth-order valence-corrected chi connectivity index (χ4v) is 3.55. The number of hydrogen-bond donors (Lipinski definition) is 0. The van der Waals surface area contributed by atoms with Gasteiger partial charge in [-0.25, -0.2) is 9.69 Å². The molecule has 1 spiro atoms. The molecule has 2 aliphatic heterocycles. The molecular weight excluding hydrogens is 382 g/mol. The quantitative estimate of drug-likeness (QED) is 0.565. The van der Waals surface area contributed by atoms with Crippen molar-refractivity contribution in [2.24, 2.45) is 0 Å². The molecule has 2 aromatic rings. The summed E-state index contributed by atoms with van der Waals surface area (Å²) >= 11 is 0. The fourth-order valence-electron chi connectivity index (χ4n) is 3.55. The van der Waals surface area contributed by atoms with E-state index in [-0.39, 0.29) is 11.3 Å². The lowest BCUT2D eigenvalue weighted by molar-refractivity contribution is -0.395. The third-order valence-corrected chi connectivity index (χ3v) is 4.97. The average molecular weight is 397 g/mol. The molecular formula is C19H15N3O7. The number of cyclic esters (lactones) is 1. The molecule has 0 bridgehead atoms. The van der Waals surface area contributed by atoms with Crippen LogP contribution in [0.15, 0.2) is 48.5 Å². The average Bonchev–Trinajstić information content (AvgIpc) is 2.85. The molecule has 2 aliphatic rings. The van der Waals surface area contributed by atoms with E-state index in [0.29, 0.717) is 5.69 Å². The molecule has 2 heterocycles. The molecule has 1 atom stereocenters. The van der Waals surface area contributed by atoms with Crippen LogP contribution in [0.3, 0.4) is 0 Å². The van der Waals surface area contributed by atoms with Crippen molar-refractivity contribution in [3.8, 4) is 5.75 Å². The van der Waals surface area contributed by atoms with Crippen molar-refractivity contribution >= 4 is 29.2 Å². The summed E-state index contributed by atoms with van der Waals surface area (Å²) < 4.78 is 11.6. The highest BCUT2D eigenvalue weighted by atomic mass is 16.7. The van der Waals surface area contributed by atoms with Crippen molar-refractivity contribution in [2.75, 3.05) is 4.90 Å².